The van der Waals surface area contributed by atoms with Gasteiger partial charge in [0.25, 0.3) is 0 Å². The number of hydrogen-bond acceptors (Lipinski definition) is 1. The summed E-state index contributed by atoms with van der Waals surface area (Å²) in [7, 11) is 0. The van der Waals surface area contributed by atoms with Crippen LogP contribution >= 0.6 is 0 Å². The largest absolute Gasteiger partial charge is 0.356 e. The van der Waals surface area contributed by atoms with Crippen LogP contribution in [0.25, 0.3) is 0 Å². The van der Waals surface area contributed by atoms with E-state index in [0.29, 0.717) is 6.42 Å². The Bertz CT molecular complexity index is 269. The smallest absolute Gasteiger partial charge is 0.219 e. The molecule has 0 aliphatic heterocycles. The zero-order chi connectivity index (χ0) is 10.2. The van der Waals surface area contributed by atoms with Crippen molar-refractivity contribution in [1.29, 1.82) is 0 Å². The van der Waals surface area contributed by atoms with Gasteiger partial charge in [-0.1, -0.05) is 37.3 Å². The van der Waals surface area contributed by atoms with E-state index >= 15 is 0 Å². The second-order valence-corrected chi connectivity index (χ2v) is 3.29. The van der Waals surface area contributed by atoms with E-state index in [-0.39, 0.29) is 5.91 Å². The summed E-state index contributed by atoms with van der Waals surface area (Å²) in [5.74, 6) is 0.137. The van der Waals surface area contributed by atoms with Crippen LogP contribution in [-0.2, 0) is 11.2 Å². The topological polar surface area (TPSA) is 29.1 Å². The summed E-state index contributed by atoms with van der Waals surface area (Å²) in [6.07, 6.45) is 2.62. The van der Waals surface area contributed by atoms with Crippen molar-refractivity contribution in [2.45, 2.75) is 26.2 Å². The highest BCUT2D eigenvalue weighted by atomic mass is 16.1. The number of hydrogen-bond donors (Lipinski definition) is 1. The van der Waals surface area contributed by atoms with E-state index in [1.165, 1.54) is 5.56 Å². The summed E-state index contributed by atoms with van der Waals surface area (Å²) < 4.78 is 0. The van der Waals surface area contributed by atoms with E-state index < -0.39 is 0 Å². The number of rotatable bonds is 5. The number of nitrogens with one attached hydrogen (secondary N) is 1. The van der Waals surface area contributed by atoms with Crippen molar-refractivity contribution in [3.63, 3.8) is 0 Å². The first-order valence-corrected chi connectivity index (χ1v) is 5.13. The van der Waals surface area contributed by atoms with Gasteiger partial charge in [0.05, 0.1) is 0 Å². The molecule has 14 heavy (non-hydrogen) atoms. The molecular weight excluding hydrogens is 174 g/mol. The van der Waals surface area contributed by atoms with Crippen molar-refractivity contribution in [2.75, 3.05) is 6.54 Å². The van der Waals surface area contributed by atoms with Crippen molar-refractivity contribution in [1.82, 2.24) is 5.32 Å². The average Bonchev–Trinajstić information content (AvgIpc) is 2.25. The van der Waals surface area contributed by atoms with E-state index in [2.05, 4.69) is 17.4 Å². The molecule has 0 aromatic heterocycles. The Labute approximate surface area is 85.3 Å². The third-order valence-corrected chi connectivity index (χ3v) is 2.13. The highest BCUT2D eigenvalue weighted by Crippen LogP contribution is 2.01. The van der Waals surface area contributed by atoms with Gasteiger partial charge in [0.1, 0.15) is 0 Å². The van der Waals surface area contributed by atoms with Gasteiger partial charge in [0, 0.05) is 13.0 Å². The Morgan fingerprint density at radius 1 is 1.29 bits per heavy atom. The minimum Gasteiger partial charge on any atom is -0.356 e. The summed E-state index contributed by atoms with van der Waals surface area (Å²) in [5.41, 5.74) is 1.33. The Morgan fingerprint density at radius 3 is 2.64 bits per heavy atom. The molecule has 1 aromatic carbocycles. The Kier molecular flexibility index (Phi) is 4.76. The lowest BCUT2D eigenvalue weighted by molar-refractivity contribution is -0.120. The highest BCUT2D eigenvalue weighted by molar-refractivity contribution is 5.75. The minimum absolute atomic E-state index is 0.137. The van der Waals surface area contributed by atoms with E-state index in [0.717, 1.165) is 19.4 Å². The van der Waals surface area contributed by atoms with Crippen LogP contribution in [0.15, 0.2) is 30.3 Å². The van der Waals surface area contributed by atoms with E-state index in [1.54, 1.807) is 0 Å². The lowest BCUT2D eigenvalue weighted by Crippen LogP contribution is -2.23. The van der Waals surface area contributed by atoms with Gasteiger partial charge in [-0.15, -0.1) is 0 Å². The second kappa shape index (κ2) is 6.19. The minimum atomic E-state index is 0.137. The molecule has 1 amide bonds. The predicted molar refractivity (Wildman–Crippen MR) is 58.1 cm³/mol. The van der Waals surface area contributed by atoms with Gasteiger partial charge in [-0.25, -0.2) is 0 Å². The number of carbonyl (C=O) groups is 1. The predicted octanol–water partition coefficient (Wildman–Crippen LogP) is 2.15. The van der Waals surface area contributed by atoms with E-state index in [1.807, 2.05) is 25.1 Å². The fourth-order valence-electron chi connectivity index (χ4n) is 1.29. The number of benzene rings is 1. The van der Waals surface area contributed by atoms with Crippen LogP contribution in [0.1, 0.15) is 25.3 Å². The lowest BCUT2D eigenvalue weighted by atomic mass is 10.1. The molecule has 1 rings (SSSR count). The maximum Gasteiger partial charge on any atom is 0.219 e. The zero-order valence-electron chi connectivity index (χ0n) is 8.62. The molecule has 0 heterocycles. The van der Waals surface area contributed by atoms with Crippen LogP contribution in [0, 0.1) is 0 Å². The third-order valence-electron chi connectivity index (χ3n) is 2.13. The maximum absolute atomic E-state index is 10.9. The van der Waals surface area contributed by atoms with Crippen LogP contribution in [0.4, 0.5) is 0 Å². The molecule has 0 bridgehead atoms. The lowest BCUT2D eigenvalue weighted by Gasteiger charge is -2.03. The molecule has 0 saturated carbocycles. The normalized spacial score (nSPS) is 9.79. The standard InChI is InChI=1S/C12H17NO/c1-2-12(14)13-10-6-9-11-7-4-3-5-8-11/h3-5,7-8H,2,6,9-10H2,1H3,(H,13,14). The van der Waals surface area contributed by atoms with Crippen molar-refractivity contribution < 1.29 is 4.79 Å². The van der Waals surface area contributed by atoms with E-state index in [4.69, 9.17) is 0 Å². The Hall–Kier alpha value is -1.31. The fraction of sp³-hybridized carbons (Fsp3) is 0.417. The van der Waals surface area contributed by atoms with Crippen molar-refractivity contribution in [3.8, 4) is 0 Å². The summed E-state index contributed by atoms with van der Waals surface area (Å²) in [6.45, 7) is 2.65. The SMILES string of the molecule is CCC(=O)NCCCc1ccccc1. The average molecular weight is 191 g/mol. The molecule has 1 N–H and O–H groups in total. The quantitative estimate of drug-likeness (QED) is 0.710. The van der Waals surface area contributed by atoms with Gasteiger partial charge < -0.3 is 5.32 Å². The summed E-state index contributed by atoms with van der Waals surface area (Å²) in [6, 6.07) is 10.3. The number of carbonyl (C=O) groups excluding carboxylic acids is 1. The zero-order valence-corrected chi connectivity index (χ0v) is 8.62. The molecule has 76 valence electrons. The summed E-state index contributed by atoms with van der Waals surface area (Å²) >= 11 is 0. The molecule has 0 aliphatic rings. The first kappa shape index (κ1) is 10.8. The van der Waals surface area contributed by atoms with Crippen molar-refractivity contribution in [2.24, 2.45) is 0 Å². The molecule has 0 radical (unpaired) electrons. The van der Waals surface area contributed by atoms with Crippen LogP contribution in [-0.4, -0.2) is 12.5 Å². The van der Waals surface area contributed by atoms with Gasteiger partial charge in [-0.2, -0.15) is 0 Å². The van der Waals surface area contributed by atoms with Crippen LogP contribution < -0.4 is 5.32 Å². The monoisotopic (exact) mass is 191 g/mol. The molecule has 2 nitrogen and oxygen atoms in total. The second-order valence-electron chi connectivity index (χ2n) is 3.29. The summed E-state index contributed by atoms with van der Waals surface area (Å²) in [5, 5.41) is 2.86. The van der Waals surface area contributed by atoms with Crippen LogP contribution in [0.2, 0.25) is 0 Å². The third kappa shape index (κ3) is 4.08. The molecule has 1 aromatic rings. The van der Waals surface area contributed by atoms with Crippen LogP contribution in [0.3, 0.4) is 0 Å². The maximum atomic E-state index is 10.9. The Morgan fingerprint density at radius 2 is 2.00 bits per heavy atom. The van der Waals surface area contributed by atoms with E-state index in [9.17, 15) is 4.79 Å². The van der Waals surface area contributed by atoms with Crippen molar-refractivity contribution in [3.05, 3.63) is 35.9 Å². The fourth-order valence-corrected chi connectivity index (χ4v) is 1.29. The molecule has 0 aliphatic carbocycles. The number of amides is 1. The molecule has 0 unspecified atom stereocenters. The molecular formula is C12H17NO. The van der Waals surface area contributed by atoms with Gasteiger partial charge >= 0.3 is 0 Å². The molecule has 0 spiro atoms. The first-order chi connectivity index (χ1) is 6.83. The Balaban J connectivity index is 2.13. The van der Waals surface area contributed by atoms with Crippen LogP contribution in [0.5, 0.6) is 0 Å². The molecule has 2 heteroatoms. The molecule has 0 saturated heterocycles. The highest BCUT2D eigenvalue weighted by Gasteiger charge is 1.95. The summed E-state index contributed by atoms with van der Waals surface area (Å²) in [4.78, 5) is 10.9. The van der Waals surface area contributed by atoms with Crippen molar-refractivity contribution >= 4 is 5.91 Å². The molecule has 0 atom stereocenters. The van der Waals surface area contributed by atoms with Gasteiger partial charge in [0.2, 0.25) is 5.91 Å². The molecule has 0 fully saturated rings. The van der Waals surface area contributed by atoms with Gasteiger partial charge in [-0.3, -0.25) is 4.79 Å². The van der Waals surface area contributed by atoms with Gasteiger partial charge in [0.15, 0.2) is 0 Å². The number of aryl methyl sites for hydroxylation is 1. The first-order valence-electron chi connectivity index (χ1n) is 5.13. The van der Waals surface area contributed by atoms with Gasteiger partial charge in [-0.05, 0) is 18.4 Å².